The molecule has 1 aliphatic carbocycles. The Bertz CT molecular complexity index is 266. The van der Waals surface area contributed by atoms with E-state index in [1.54, 1.807) is 0 Å². The molecule has 4 heteroatoms. The van der Waals surface area contributed by atoms with Crippen LogP contribution in [0.3, 0.4) is 0 Å². The van der Waals surface area contributed by atoms with Gasteiger partial charge in [0.2, 0.25) is 0 Å². The summed E-state index contributed by atoms with van der Waals surface area (Å²) in [6.45, 7) is 4.86. The Labute approximate surface area is 93.6 Å². The first-order valence-electron chi connectivity index (χ1n) is 6.01. The van der Waals surface area contributed by atoms with Crippen molar-refractivity contribution >= 4 is 9.84 Å². The second kappa shape index (κ2) is 5.85. The standard InChI is InChI=1S/C11H23NO2S/c1-3-11(4-2)12-7-8-15(13,14)9-10-5-6-10/h10-12H,3-9H2,1-2H3. The average molecular weight is 233 g/mol. The Morgan fingerprint density at radius 2 is 1.87 bits per heavy atom. The molecule has 0 amide bonds. The highest BCUT2D eigenvalue weighted by atomic mass is 32.2. The number of nitrogens with one attached hydrogen (secondary N) is 1. The molecule has 3 nitrogen and oxygen atoms in total. The van der Waals surface area contributed by atoms with Gasteiger partial charge in [-0.1, -0.05) is 13.8 Å². The largest absolute Gasteiger partial charge is 0.313 e. The third-order valence-electron chi connectivity index (χ3n) is 3.02. The summed E-state index contributed by atoms with van der Waals surface area (Å²) in [5.74, 6) is 1.19. The van der Waals surface area contributed by atoms with Crippen molar-refractivity contribution in [1.82, 2.24) is 5.32 Å². The second-order valence-electron chi connectivity index (χ2n) is 4.53. The SMILES string of the molecule is CCC(CC)NCCS(=O)(=O)CC1CC1. The first-order chi connectivity index (χ1) is 7.07. The molecule has 15 heavy (non-hydrogen) atoms. The van der Waals surface area contributed by atoms with Crippen molar-refractivity contribution in [1.29, 1.82) is 0 Å². The van der Waals surface area contributed by atoms with E-state index < -0.39 is 9.84 Å². The second-order valence-corrected chi connectivity index (χ2v) is 6.75. The van der Waals surface area contributed by atoms with Crippen LogP contribution in [0.5, 0.6) is 0 Å². The summed E-state index contributed by atoms with van der Waals surface area (Å²) in [7, 11) is -2.79. The van der Waals surface area contributed by atoms with Gasteiger partial charge in [-0.2, -0.15) is 0 Å². The third-order valence-corrected chi connectivity index (χ3v) is 4.82. The minimum Gasteiger partial charge on any atom is -0.313 e. The molecule has 1 rings (SSSR count). The summed E-state index contributed by atoms with van der Waals surface area (Å²) >= 11 is 0. The topological polar surface area (TPSA) is 46.2 Å². The fraction of sp³-hybridized carbons (Fsp3) is 1.00. The molecule has 0 aromatic heterocycles. The van der Waals surface area contributed by atoms with Gasteiger partial charge < -0.3 is 5.32 Å². The molecule has 1 aliphatic rings. The lowest BCUT2D eigenvalue weighted by Crippen LogP contribution is -2.32. The van der Waals surface area contributed by atoms with Crippen LogP contribution in [0.4, 0.5) is 0 Å². The highest BCUT2D eigenvalue weighted by Crippen LogP contribution is 2.30. The van der Waals surface area contributed by atoms with Crippen LogP contribution < -0.4 is 5.32 Å². The molecule has 0 bridgehead atoms. The first-order valence-corrected chi connectivity index (χ1v) is 7.83. The molecule has 0 heterocycles. The molecule has 0 atom stereocenters. The summed E-state index contributed by atoms with van der Waals surface area (Å²) in [5.41, 5.74) is 0. The average Bonchev–Trinajstić information content (AvgIpc) is 2.95. The van der Waals surface area contributed by atoms with Gasteiger partial charge in [0, 0.05) is 12.6 Å². The van der Waals surface area contributed by atoms with E-state index in [9.17, 15) is 8.42 Å². The molecular weight excluding hydrogens is 210 g/mol. The Morgan fingerprint density at radius 1 is 1.27 bits per heavy atom. The van der Waals surface area contributed by atoms with Crippen molar-refractivity contribution < 1.29 is 8.42 Å². The minimum absolute atomic E-state index is 0.306. The molecule has 1 saturated carbocycles. The van der Waals surface area contributed by atoms with Gasteiger partial charge in [0.25, 0.3) is 0 Å². The normalized spacial score (nSPS) is 17.3. The summed E-state index contributed by atoms with van der Waals surface area (Å²) in [6, 6.07) is 0.473. The highest BCUT2D eigenvalue weighted by molar-refractivity contribution is 7.91. The molecule has 0 aromatic carbocycles. The number of hydrogen-bond donors (Lipinski definition) is 1. The van der Waals surface area contributed by atoms with Crippen LogP contribution in [0.1, 0.15) is 39.5 Å². The van der Waals surface area contributed by atoms with Crippen LogP contribution in [0.2, 0.25) is 0 Å². The molecular formula is C11H23NO2S. The van der Waals surface area contributed by atoms with Gasteiger partial charge in [0.15, 0.2) is 9.84 Å². The Kier molecular flexibility index (Phi) is 5.06. The van der Waals surface area contributed by atoms with E-state index in [4.69, 9.17) is 0 Å². The lowest BCUT2D eigenvalue weighted by molar-refractivity contribution is 0.497. The molecule has 0 spiro atoms. The van der Waals surface area contributed by atoms with E-state index in [0.717, 1.165) is 25.7 Å². The summed E-state index contributed by atoms with van der Waals surface area (Å²) in [5, 5.41) is 3.29. The van der Waals surface area contributed by atoms with Crippen LogP contribution >= 0.6 is 0 Å². The first kappa shape index (κ1) is 13.0. The maximum Gasteiger partial charge on any atom is 0.151 e. The zero-order chi connectivity index (χ0) is 11.3. The molecule has 1 N–H and O–H groups in total. The fourth-order valence-electron chi connectivity index (χ4n) is 1.72. The van der Waals surface area contributed by atoms with E-state index in [2.05, 4.69) is 19.2 Å². The zero-order valence-corrected chi connectivity index (χ0v) is 10.6. The maximum atomic E-state index is 11.6. The van der Waals surface area contributed by atoms with Crippen LogP contribution in [-0.2, 0) is 9.84 Å². The van der Waals surface area contributed by atoms with E-state index >= 15 is 0 Å². The number of hydrogen-bond acceptors (Lipinski definition) is 3. The molecule has 0 aliphatic heterocycles. The molecule has 0 unspecified atom stereocenters. The Morgan fingerprint density at radius 3 is 2.33 bits per heavy atom. The molecule has 0 saturated heterocycles. The molecule has 0 radical (unpaired) electrons. The predicted octanol–water partition coefficient (Wildman–Crippen LogP) is 1.59. The van der Waals surface area contributed by atoms with Crippen molar-refractivity contribution in [3.05, 3.63) is 0 Å². The Balaban J connectivity index is 2.17. The van der Waals surface area contributed by atoms with Gasteiger partial charge in [0.05, 0.1) is 11.5 Å². The smallest absolute Gasteiger partial charge is 0.151 e. The number of sulfone groups is 1. The van der Waals surface area contributed by atoms with Crippen molar-refractivity contribution in [2.24, 2.45) is 5.92 Å². The van der Waals surface area contributed by atoms with Crippen molar-refractivity contribution in [2.45, 2.75) is 45.6 Å². The van der Waals surface area contributed by atoms with Crippen LogP contribution in [-0.4, -0.2) is 32.5 Å². The van der Waals surface area contributed by atoms with Gasteiger partial charge in [0.1, 0.15) is 0 Å². The molecule has 1 fully saturated rings. The van der Waals surface area contributed by atoms with Crippen LogP contribution in [0, 0.1) is 5.92 Å². The minimum atomic E-state index is -2.79. The van der Waals surface area contributed by atoms with Crippen LogP contribution in [0.15, 0.2) is 0 Å². The van der Waals surface area contributed by atoms with Crippen molar-refractivity contribution in [2.75, 3.05) is 18.1 Å². The zero-order valence-electron chi connectivity index (χ0n) is 9.83. The lowest BCUT2D eigenvalue weighted by atomic mass is 10.2. The van der Waals surface area contributed by atoms with E-state index in [1.165, 1.54) is 0 Å². The van der Waals surface area contributed by atoms with Gasteiger partial charge in [-0.25, -0.2) is 8.42 Å². The molecule has 0 aromatic rings. The van der Waals surface area contributed by atoms with Gasteiger partial charge in [-0.3, -0.25) is 0 Å². The number of rotatable bonds is 8. The highest BCUT2D eigenvalue weighted by Gasteiger charge is 2.27. The van der Waals surface area contributed by atoms with E-state index in [-0.39, 0.29) is 0 Å². The fourth-order valence-corrected chi connectivity index (χ4v) is 3.37. The third kappa shape index (κ3) is 5.52. The van der Waals surface area contributed by atoms with E-state index in [1.807, 2.05) is 0 Å². The van der Waals surface area contributed by atoms with E-state index in [0.29, 0.717) is 30.0 Å². The monoisotopic (exact) mass is 233 g/mol. The maximum absolute atomic E-state index is 11.6. The van der Waals surface area contributed by atoms with Crippen molar-refractivity contribution in [3.8, 4) is 0 Å². The van der Waals surface area contributed by atoms with Gasteiger partial charge in [-0.15, -0.1) is 0 Å². The quantitative estimate of drug-likeness (QED) is 0.692. The van der Waals surface area contributed by atoms with Gasteiger partial charge >= 0.3 is 0 Å². The van der Waals surface area contributed by atoms with Gasteiger partial charge in [-0.05, 0) is 31.6 Å². The Hall–Kier alpha value is -0.0900. The summed E-state index contributed by atoms with van der Waals surface area (Å²) in [6.07, 6.45) is 4.36. The predicted molar refractivity (Wildman–Crippen MR) is 63.8 cm³/mol. The molecule has 90 valence electrons. The summed E-state index contributed by atoms with van der Waals surface area (Å²) < 4.78 is 23.2. The van der Waals surface area contributed by atoms with Crippen molar-refractivity contribution in [3.63, 3.8) is 0 Å². The summed E-state index contributed by atoms with van der Waals surface area (Å²) in [4.78, 5) is 0. The van der Waals surface area contributed by atoms with Crippen LogP contribution in [0.25, 0.3) is 0 Å². The lowest BCUT2D eigenvalue weighted by Gasteiger charge is -2.14.